The smallest absolute Gasteiger partial charge is 0.278 e. The molecule has 1 atom stereocenters. The van der Waals surface area contributed by atoms with Gasteiger partial charge in [0.1, 0.15) is 5.52 Å². The fourth-order valence-corrected chi connectivity index (χ4v) is 5.19. The lowest BCUT2D eigenvalue weighted by Gasteiger charge is -2.33. The predicted octanol–water partition coefficient (Wildman–Crippen LogP) is 2.27. The second-order valence-corrected chi connectivity index (χ2v) is 9.89. The van der Waals surface area contributed by atoms with Crippen LogP contribution in [-0.2, 0) is 16.7 Å². The van der Waals surface area contributed by atoms with Gasteiger partial charge in [0.25, 0.3) is 5.56 Å². The van der Waals surface area contributed by atoms with Gasteiger partial charge in [-0.1, -0.05) is 43.3 Å². The highest BCUT2D eigenvalue weighted by Gasteiger charge is 2.29. The number of fused-ring (bicyclic) bond motifs is 1. The van der Waals surface area contributed by atoms with Crippen LogP contribution in [0.5, 0.6) is 0 Å². The summed E-state index contributed by atoms with van der Waals surface area (Å²) < 4.78 is 28.9. The highest BCUT2D eigenvalue weighted by atomic mass is 32.2. The average Bonchev–Trinajstić information content (AvgIpc) is 2.81. The molecule has 0 bridgehead atoms. The SMILES string of the molecule is CCC(C)c1ccc(S(=O)(=O)N2CCN(Cn3nnc4ccccc4c3=O)CC2)cc1. The van der Waals surface area contributed by atoms with Gasteiger partial charge < -0.3 is 0 Å². The third kappa shape index (κ3) is 4.39. The lowest BCUT2D eigenvalue weighted by molar-refractivity contribution is 0.141. The summed E-state index contributed by atoms with van der Waals surface area (Å²) in [4.78, 5) is 15.0. The molecule has 0 radical (unpaired) electrons. The summed E-state index contributed by atoms with van der Waals surface area (Å²) in [5, 5.41) is 8.66. The topological polar surface area (TPSA) is 88.4 Å². The highest BCUT2D eigenvalue weighted by Crippen LogP contribution is 2.23. The first-order chi connectivity index (χ1) is 14.9. The van der Waals surface area contributed by atoms with Gasteiger partial charge >= 0.3 is 0 Å². The van der Waals surface area contributed by atoms with Crippen LogP contribution in [0.3, 0.4) is 0 Å². The van der Waals surface area contributed by atoms with Gasteiger partial charge in [0.05, 0.1) is 17.0 Å². The van der Waals surface area contributed by atoms with Crippen molar-refractivity contribution in [3.8, 4) is 0 Å². The molecule has 1 fully saturated rings. The van der Waals surface area contributed by atoms with E-state index in [1.165, 1.54) is 8.99 Å². The van der Waals surface area contributed by atoms with Crippen molar-refractivity contribution in [2.75, 3.05) is 26.2 Å². The fourth-order valence-electron chi connectivity index (χ4n) is 3.77. The van der Waals surface area contributed by atoms with E-state index in [0.29, 0.717) is 47.9 Å². The van der Waals surface area contributed by atoms with Crippen LogP contribution in [0.15, 0.2) is 58.2 Å². The maximum Gasteiger partial charge on any atom is 0.278 e. The third-order valence-electron chi connectivity index (χ3n) is 5.99. The average molecular weight is 442 g/mol. The molecule has 0 N–H and O–H groups in total. The summed E-state index contributed by atoms with van der Waals surface area (Å²) in [5.74, 6) is 0.405. The summed E-state index contributed by atoms with van der Waals surface area (Å²) in [5.41, 5.74) is 1.52. The van der Waals surface area contributed by atoms with Gasteiger partial charge in [0.2, 0.25) is 10.0 Å². The van der Waals surface area contributed by atoms with E-state index in [0.717, 1.165) is 12.0 Å². The van der Waals surface area contributed by atoms with Crippen molar-refractivity contribution >= 4 is 20.9 Å². The molecule has 9 heteroatoms. The molecular formula is C22H27N5O3S. The molecule has 2 aromatic carbocycles. The predicted molar refractivity (Wildman–Crippen MR) is 119 cm³/mol. The van der Waals surface area contributed by atoms with Crippen molar-refractivity contribution in [3.63, 3.8) is 0 Å². The number of aromatic nitrogens is 3. The Labute approximate surface area is 182 Å². The van der Waals surface area contributed by atoms with Crippen LogP contribution in [0.2, 0.25) is 0 Å². The van der Waals surface area contributed by atoms with Crippen LogP contribution in [-0.4, -0.2) is 58.8 Å². The molecule has 4 rings (SSSR count). The summed E-state index contributed by atoms with van der Waals surface area (Å²) in [6.45, 7) is 6.31. The number of benzene rings is 2. The van der Waals surface area contributed by atoms with E-state index >= 15 is 0 Å². The molecule has 0 spiro atoms. The van der Waals surface area contributed by atoms with Crippen LogP contribution in [0.4, 0.5) is 0 Å². The molecule has 1 saturated heterocycles. The maximum absolute atomic E-state index is 13.0. The van der Waals surface area contributed by atoms with E-state index in [1.807, 2.05) is 23.1 Å². The largest absolute Gasteiger partial charge is 0.282 e. The van der Waals surface area contributed by atoms with Gasteiger partial charge in [-0.2, -0.15) is 8.99 Å². The van der Waals surface area contributed by atoms with E-state index in [2.05, 4.69) is 24.2 Å². The Hall–Kier alpha value is -2.62. The van der Waals surface area contributed by atoms with E-state index < -0.39 is 10.0 Å². The Morgan fingerprint density at radius 3 is 2.35 bits per heavy atom. The minimum Gasteiger partial charge on any atom is -0.282 e. The molecule has 1 aliphatic heterocycles. The quantitative estimate of drug-likeness (QED) is 0.583. The van der Waals surface area contributed by atoms with Crippen molar-refractivity contribution in [1.82, 2.24) is 24.2 Å². The summed E-state index contributed by atoms with van der Waals surface area (Å²) in [6, 6.07) is 14.3. The van der Waals surface area contributed by atoms with Gasteiger partial charge in [-0.05, 0) is 42.2 Å². The summed E-state index contributed by atoms with van der Waals surface area (Å²) in [7, 11) is -3.53. The number of sulfonamides is 1. The standard InChI is InChI=1S/C22H27N5O3S/c1-3-17(2)18-8-10-19(11-9-18)31(29,30)26-14-12-25(13-15-26)16-27-22(28)20-6-4-5-7-21(20)23-24-27/h4-11,17H,3,12-16H2,1-2H3. The second kappa shape index (κ2) is 8.86. The van der Waals surface area contributed by atoms with E-state index in [4.69, 9.17) is 0 Å². The van der Waals surface area contributed by atoms with Gasteiger partial charge in [0.15, 0.2) is 0 Å². The molecule has 2 heterocycles. The number of piperazine rings is 1. The Balaban J connectivity index is 1.42. The lowest BCUT2D eigenvalue weighted by Crippen LogP contribution is -2.49. The molecule has 1 unspecified atom stereocenters. The van der Waals surface area contributed by atoms with Crippen molar-refractivity contribution in [2.45, 2.75) is 37.8 Å². The number of nitrogens with zero attached hydrogens (tertiary/aromatic N) is 5. The van der Waals surface area contributed by atoms with Gasteiger partial charge in [0, 0.05) is 26.2 Å². The van der Waals surface area contributed by atoms with Crippen LogP contribution < -0.4 is 5.56 Å². The first-order valence-corrected chi connectivity index (χ1v) is 12.0. The monoisotopic (exact) mass is 441 g/mol. The van der Waals surface area contributed by atoms with Crippen LogP contribution in [0, 0.1) is 0 Å². The zero-order chi connectivity index (χ0) is 22.0. The molecular weight excluding hydrogens is 414 g/mol. The zero-order valence-electron chi connectivity index (χ0n) is 17.8. The minimum atomic E-state index is -3.53. The molecule has 3 aromatic rings. The molecule has 8 nitrogen and oxygen atoms in total. The maximum atomic E-state index is 13.0. The Morgan fingerprint density at radius 2 is 1.68 bits per heavy atom. The molecule has 1 aromatic heterocycles. The molecule has 1 aliphatic rings. The summed E-state index contributed by atoms with van der Waals surface area (Å²) >= 11 is 0. The molecule has 164 valence electrons. The van der Waals surface area contributed by atoms with E-state index in [1.54, 1.807) is 30.3 Å². The normalized spacial score (nSPS) is 17.1. The highest BCUT2D eigenvalue weighted by molar-refractivity contribution is 7.89. The Morgan fingerprint density at radius 1 is 1.00 bits per heavy atom. The number of hydrogen-bond donors (Lipinski definition) is 0. The molecule has 0 saturated carbocycles. The summed E-state index contributed by atoms with van der Waals surface area (Å²) in [6.07, 6.45) is 1.01. The second-order valence-electron chi connectivity index (χ2n) is 7.95. The molecule has 0 amide bonds. The lowest BCUT2D eigenvalue weighted by atomic mass is 9.99. The third-order valence-corrected chi connectivity index (χ3v) is 7.91. The van der Waals surface area contributed by atoms with Gasteiger partial charge in [-0.15, -0.1) is 5.10 Å². The van der Waals surface area contributed by atoms with Crippen LogP contribution >= 0.6 is 0 Å². The fraction of sp³-hybridized carbons (Fsp3) is 0.409. The Kier molecular flexibility index (Phi) is 6.17. The van der Waals surface area contributed by atoms with Gasteiger partial charge in [-0.3, -0.25) is 9.69 Å². The zero-order valence-corrected chi connectivity index (χ0v) is 18.6. The van der Waals surface area contributed by atoms with E-state index in [9.17, 15) is 13.2 Å². The number of rotatable bonds is 6. The first kappa shape index (κ1) is 21.6. The molecule has 0 aliphatic carbocycles. The Bertz CT molecular complexity index is 1220. The van der Waals surface area contributed by atoms with Crippen molar-refractivity contribution < 1.29 is 8.42 Å². The minimum absolute atomic E-state index is 0.193. The van der Waals surface area contributed by atoms with Crippen LogP contribution in [0.1, 0.15) is 31.7 Å². The van der Waals surface area contributed by atoms with Crippen molar-refractivity contribution in [1.29, 1.82) is 0 Å². The van der Waals surface area contributed by atoms with E-state index in [-0.39, 0.29) is 12.2 Å². The number of hydrogen-bond acceptors (Lipinski definition) is 6. The first-order valence-electron chi connectivity index (χ1n) is 10.5. The van der Waals surface area contributed by atoms with Crippen LogP contribution in [0.25, 0.3) is 10.9 Å². The van der Waals surface area contributed by atoms with Crippen molar-refractivity contribution in [3.05, 3.63) is 64.4 Å². The molecule has 31 heavy (non-hydrogen) atoms. The van der Waals surface area contributed by atoms with Crippen molar-refractivity contribution in [2.24, 2.45) is 0 Å². The van der Waals surface area contributed by atoms with Gasteiger partial charge in [-0.25, -0.2) is 8.42 Å².